The lowest BCUT2D eigenvalue weighted by Crippen LogP contribution is -2.34. The minimum absolute atomic E-state index is 0.0267. The van der Waals surface area contributed by atoms with E-state index in [1.165, 1.54) is 23.5 Å². The first-order valence-corrected chi connectivity index (χ1v) is 10.3. The van der Waals surface area contributed by atoms with Crippen molar-refractivity contribution in [3.8, 4) is 5.75 Å². The first kappa shape index (κ1) is 19.1. The molecule has 7 heteroatoms. The van der Waals surface area contributed by atoms with Crippen LogP contribution in [0.2, 0.25) is 5.02 Å². The minimum Gasteiger partial charge on any atom is -0.494 e. The Morgan fingerprint density at radius 2 is 1.88 bits per heavy atom. The number of ether oxygens (including phenoxy) is 1. The van der Waals surface area contributed by atoms with Gasteiger partial charge in [0.05, 0.1) is 12.0 Å². The summed E-state index contributed by atoms with van der Waals surface area (Å²) in [4.78, 5) is -0.0486. The Morgan fingerprint density at radius 3 is 2.54 bits per heavy atom. The molecular weight excluding hydrogens is 377 g/mol. The van der Waals surface area contributed by atoms with Crippen LogP contribution in [0.25, 0.3) is 0 Å². The molecule has 1 fully saturated rings. The Morgan fingerprint density at radius 1 is 1.15 bits per heavy atom. The molecule has 0 aliphatic carbocycles. The number of hydrogen-bond donors (Lipinski definition) is 0. The van der Waals surface area contributed by atoms with Gasteiger partial charge in [0.15, 0.2) is 11.6 Å². The van der Waals surface area contributed by atoms with Crippen LogP contribution in [0.3, 0.4) is 0 Å². The molecule has 1 heterocycles. The molecule has 140 valence electrons. The molecule has 1 aliphatic heterocycles. The summed E-state index contributed by atoms with van der Waals surface area (Å²) >= 11 is 5.95. The van der Waals surface area contributed by atoms with E-state index in [0.717, 1.165) is 30.9 Å². The number of hydrogen-bond acceptors (Lipinski definition) is 3. The van der Waals surface area contributed by atoms with Gasteiger partial charge in [0, 0.05) is 18.1 Å². The third kappa shape index (κ3) is 4.03. The Kier molecular flexibility index (Phi) is 5.85. The third-order valence-electron chi connectivity index (χ3n) is 4.74. The summed E-state index contributed by atoms with van der Waals surface area (Å²) in [6.45, 7) is 0.803. The van der Waals surface area contributed by atoms with E-state index < -0.39 is 15.8 Å². The van der Waals surface area contributed by atoms with E-state index in [-0.39, 0.29) is 16.6 Å². The second-order valence-corrected chi connectivity index (χ2v) is 8.78. The lowest BCUT2D eigenvalue weighted by atomic mass is 9.95. The maximum atomic E-state index is 14.0. The van der Waals surface area contributed by atoms with Crippen LogP contribution >= 0.6 is 11.6 Å². The number of benzene rings is 2. The molecule has 0 spiro atoms. The van der Waals surface area contributed by atoms with Crippen molar-refractivity contribution in [1.29, 1.82) is 0 Å². The highest BCUT2D eigenvalue weighted by Crippen LogP contribution is 2.31. The van der Waals surface area contributed by atoms with Crippen LogP contribution in [0.5, 0.6) is 5.75 Å². The molecule has 1 atom stereocenters. The first-order valence-electron chi connectivity index (χ1n) is 8.51. The van der Waals surface area contributed by atoms with E-state index in [2.05, 4.69) is 0 Å². The van der Waals surface area contributed by atoms with Crippen LogP contribution in [-0.4, -0.2) is 32.9 Å². The molecule has 2 aromatic carbocycles. The highest BCUT2D eigenvalue weighted by molar-refractivity contribution is 7.89. The van der Waals surface area contributed by atoms with Gasteiger partial charge in [-0.25, -0.2) is 12.8 Å². The number of rotatable bonds is 4. The van der Waals surface area contributed by atoms with Crippen LogP contribution in [0, 0.1) is 5.82 Å². The summed E-state index contributed by atoms with van der Waals surface area (Å²) < 4.78 is 46.4. The van der Waals surface area contributed by atoms with Crippen molar-refractivity contribution in [2.45, 2.75) is 30.1 Å². The molecule has 3 rings (SSSR count). The van der Waals surface area contributed by atoms with Crippen molar-refractivity contribution in [2.24, 2.45) is 0 Å². The van der Waals surface area contributed by atoms with Crippen molar-refractivity contribution >= 4 is 21.6 Å². The van der Waals surface area contributed by atoms with Gasteiger partial charge >= 0.3 is 0 Å². The van der Waals surface area contributed by atoms with Gasteiger partial charge in [-0.15, -0.1) is 0 Å². The molecule has 0 bridgehead atoms. The highest BCUT2D eigenvalue weighted by Gasteiger charge is 2.30. The zero-order valence-corrected chi connectivity index (χ0v) is 16.1. The number of halogens is 2. The molecule has 0 radical (unpaired) electrons. The molecule has 2 aromatic rings. The molecule has 0 amide bonds. The van der Waals surface area contributed by atoms with Gasteiger partial charge in [-0.2, -0.15) is 4.31 Å². The van der Waals surface area contributed by atoms with E-state index in [0.29, 0.717) is 18.1 Å². The molecule has 4 nitrogen and oxygen atoms in total. The summed E-state index contributed by atoms with van der Waals surface area (Å²) in [7, 11) is -2.42. The van der Waals surface area contributed by atoms with E-state index in [9.17, 15) is 12.8 Å². The smallest absolute Gasteiger partial charge is 0.243 e. The normalized spacial score (nSPS) is 19.1. The van der Waals surface area contributed by atoms with Gasteiger partial charge < -0.3 is 4.74 Å². The van der Waals surface area contributed by atoms with E-state index in [1.807, 2.05) is 24.3 Å². The second-order valence-electron chi connectivity index (χ2n) is 6.40. The van der Waals surface area contributed by atoms with Crippen molar-refractivity contribution in [3.05, 3.63) is 58.9 Å². The molecule has 1 saturated heterocycles. The first-order chi connectivity index (χ1) is 12.4. The van der Waals surface area contributed by atoms with Gasteiger partial charge in [-0.05, 0) is 54.7 Å². The summed E-state index contributed by atoms with van der Waals surface area (Å²) in [6.07, 6.45) is 2.63. The Labute approximate surface area is 158 Å². The SMILES string of the molecule is COc1ccc(S(=O)(=O)N2CCCCC(c3ccc(Cl)cc3)C2)cc1F. The number of methoxy groups -OCH3 is 1. The zero-order chi connectivity index (χ0) is 18.7. The van der Waals surface area contributed by atoms with E-state index >= 15 is 0 Å². The second kappa shape index (κ2) is 7.94. The fourth-order valence-electron chi connectivity index (χ4n) is 3.29. The monoisotopic (exact) mass is 397 g/mol. The van der Waals surface area contributed by atoms with Gasteiger partial charge in [0.25, 0.3) is 0 Å². The predicted molar refractivity (Wildman–Crippen MR) is 99.8 cm³/mol. The lowest BCUT2D eigenvalue weighted by Gasteiger charge is -2.24. The summed E-state index contributed by atoms with van der Waals surface area (Å²) in [5.41, 5.74) is 1.07. The Balaban J connectivity index is 1.88. The van der Waals surface area contributed by atoms with Crippen LogP contribution in [0.15, 0.2) is 47.4 Å². The number of sulfonamides is 1. The van der Waals surface area contributed by atoms with Crippen LogP contribution < -0.4 is 4.74 Å². The molecule has 26 heavy (non-hydrogen) atoms. The Bertz CT molecular complexity index is 871. The fourth-order valence-corrected chi connectivity index (χ4v) is 4.95. The van der Waals surface area contributed by atoms with Gasteiger partial charge in [-0.3, -0.25) is 0 Å². The predicted octanol–water partition coefficient (Wildman–Crippen LogP) is 4.45. The summed E-state index contributed by atoms with van der Waals surface area (Å²) in [5.74, 6) is -0.566. The lowest BCUT2D eigenvalue weighted by molar-refractivity contribution is 0.384. The fraction of sp³-hybridized carbons (Fsp3) is 0.368. The van der Waals surface area contributed by atoms with Gasteiger partial charge in [0.2, 0.25) is 10.0 Å². The van der Waals surface area contributed by atoms with Crippen LogP contribution in [0.1, 0.15) is 30.7 Å². The summed E-state index contributed by atoms with van der Waals surface area (Å²) in [6, 6.07) is 11.3. The molecule has 1 aliphatic rings. The molecule has 0 saturated carbocycles. The van der Waals surface area contributed by atoms with Gasteiger partial charge in [0.1, 0.15) is 0 Å². The standard InChI is InChI=1S/C19H21ClFNO3S/c1-25-19-10-9-17(12-18(19)21)26(23,24)22-11-3-2-4-15(13-22)14-5-7-16(20)8-6-14/h5-10,12,15H,2-4,11,13H2,1H3. The van der Waals surface area contributed by atoms with Crippen molar-refractivity contribution < 1.29 is 17.5 Å². The molecule has 0 aromatic heterocycles. The van der Waals surface area contributed by atoms with Crippen LogP contribution in [-0.2, 0) is 10.0 Å². The number of nitrogens with zero attached hydrogens (tertiary/aromatic N) is 1. The largest absolute Gasteiger partial charge is 0.494 e. The van der Waals surface area contributed by atoms with E-state index in [4.69, 9.17) is 16.3 Å². The average molecular weight is 398 g/mol. The summed E-state index contributed by atoms with van der Waals surface area (Å²) in [5, 5.41) is 0.653. The molecule has 1 unspecified atom stereocenters. The molecular formula is C19H21ClFNO3S. The Hall–Kier alpha value is -1.63. The maximum Gasteiger partial charge on any atom is 0.243 e. The average Bonchev–Trinajstić information content (AvgIpc) is 2.89. The van der Waals surface area contributed by atoms with Gasteiger partial charge in [-0.1, -0.05) is 30.2 Å². The molecule has 0 N–H and O–H groups in total. The van der Waals surface area contributed by atoms with Crippen LogP contribution in [0.4, 0.5) is 4.39 Å². The van der Waals surface area contributed by atoms with Crippen molar-refractivity contribution in [1.82, 2.24) is 4.31 Å². The topological polar surface area (TPSA) is 46.6 Å². The van der Waals surface area contributed by atoms with E-state index in [1.54, 1.807) is 0 Å². The van der Waals surface area contributed by atoms with Crippen molar-refractivity contribution in [2.75, 3.05) is 20.2 Å². The zero-order valence-electron chi connectivity index (χ0n) is 14.5. The highest BCUT2D eigenvalue weighted by atomic mass is 35.5. The third-order valence-corrected chi connectivity index (χ3v) is 6.85. The van der Waals surface area contributed by atoms with Crippen molar-refractivity contribution in [3.63, 3.8) is 0 Å². The quantitative estimate of drug-likeness (QED) is 0.765. The maximum absolute atomic E-state index is 14.0. The minimum atomic E-state index is -3.77.